The van der Waals surface area contributed by atoms with Crippen LogP contribution in [0, 0.1) is 23.3 Å². The summed E-state index contributed by atoms with van der Waals surface area (Å²) in [6, 6.07) is 12.4. The highest BCUT2D eigenvalue weighted by Gasteiger charge is 2.64. The zero-order chi connectivity index (χ0) is 30.2. The first-order valence-electron chi connectivity index (χ1n) is 14.4. The molecular weight excluding hydrogens is 532 g/mol. The highest BCUT2D eigenvalue weighted by molar-refractivity contribution is 5.96. The van der Waals surface area contributed by atoms with Crippen LogP contribution in [0.4, 0.5) is 11.4 Å². The lowest BCUT2D eigenvalue weighted by molar-refractivity contribution is -0.163. The Hall–Kier alpha value is -3.87. The smallest absolute Gasteiger partial charge is 0.251 e. The highest BCUT2D eigenvalue weighted by Crippen LogP contribution is 2.56. The molecule has 0 bridgehead atoms. The number of H-pyrrole nitrogens is 1. The van der Waals surface area contributed by atoms with E-state index >= 15 is 0 Å². The number of benzene rings is 2. The molecule has 2 aliphatic rings. The molecule has 3 aromatic rings. The van der Waals surface area contributed by atoms with Crippen molar-refractivity contribution < 1.29 is 19.0 Å². The van der Waals surface area contributed by atoms with Gasteiger partial charge in [0.25, 0.3) is 5.91 Å². The van der Waals surface area contributed by atoms with E-state index in [1.54, 1.807) is 32.5 Å². The van der Waals surface area contributed by atoms with E-state index in [-0.39, 0.29) is 29.8 Å². The van der Waals surface area contributed by atoms with Gasteiger partial charge < -0.3 is 29.4 Å². The second-order valence-corrected chi connectivity index (χ2v) is 12.5. The van der Waals surface area contributed by atoms with E-state index in [1.807, 2.05) is 24.3 Å². The lowest BCUT2D eigenvalue weighted by Crippen LogP contribution is -2.74. The normalized spacial score (nSPS) is 21.5. The topological polar surface area (TPSA) is 97.2 Å². The number of amides is 1. The summed E-state index contributed by atoms with van der Waals surface area (Å²) < 4.78 is 17.4. The maximum absolute atomic E-state index is 13.4. The van der Waals surface area contributed by atoms with Crippen LogP contribution in [0.15, 0.2) is 53.5 Å². The van der Waals surface area contributed by atoms with Gasteiger partial charge in [0.2, 0.25) is 5.69 Å². The fourth-order valence-electron chi connectivity index (χ4n) is 7.31. The second-order valence-electron chi connectivity index (χ2n) is 12.5. The van der Waals surface area contributed by atoms with Gasteiger partial charge >= 0.3 is 0 Å². The molecule has 1 saturated carbocycles. The molecule has 1 aromatic heterocycles. The summed E-state index contributed by atoms with van der Waals surface area (Å²) in [5.74, 6) is 0.687. The molecule has 2 heterocycles. The Balaban J connectivity index is 1.26. The van der Waals surface area contributed by atoms with Crippen LogP contribution in [0.2, 0.25) is 0 Å². The van der Waals surface area contributed by atoms with Crippen LogP contribution >= 0.6 is 0 Å². The third-order valence-electron chi connectivity index (χ3n) is 9.22. The highest BCUT2D eigenvalue weighted by atomic mass is 16.7. The number of nitrogens with one attached hydrogen (secondary N) is 2. The Labute approximate surface area is 247 Å². The zero-order valence-electron chi connectivity index (χ0n) is 25.2. The van der Waals surface area contributed by atoms with Crippen molar-refractivity contribution in [1.29, 1.82) is 0 Å². The number of ether oxygens (including phenoxy) is 3. The quantitative estimate of drug-likeness (QED) is 0.272. The molecule has 1 saturated heterocycles. The number of hydrogen-bond acceptors (Lipinski definition) is 6. The molecule has 9 nitrogen and oxygen atoms in total. The first kappa shape index (κ1) is 29.6. The molecule has 222 valence electrons. The van der Waals surface area contributed by atoms with E-state index in [0.29, 0.717) is 33.8 Å². The number of nitrogens with zero attached hydrogens (tertiary/aromatic N) is 2. The number of piperidine rings is 1. The summed E-state index contributed by atoms with van der Waals surface area (Å²) in [6.45, 7) is 17.5. The maximum Gasteiger partial charge on any atom is 0.251 e. The predicted molar refractivity (Wildman–Crippen MR) is 163 cm³/mol. The van der Waals surface area contributed by atoms with Gasteiger partial charge in [-0.15, -0.1) is 0 Å². The van der Waals surface area contributed by atoms with E-state index in [9.17, 15) is 9.59 Å². The first-order chi connectivity index (χ1) is 20.0. The fraction of sp³-hybridized carbons (Fsp3) is 0.485. The largest absolute Gasteiger partial charge is 0.488 e. The number of carbonyl (C=O) groups excluding carboxylic acids is 1. The third kappa shape index (κ3) is 5.14. The van der Waals surface area contributed by atoms with E-state index in [1.165, 1.54) is 6.07 Å². The first-order valence-corrected chi connectivity index (χ1v) is 14.4. The van der Waals surface area contributed by atoms with Gasteiger partial charge in [-0.05, 0) is 43.2 Å². The van der Waals surface area contributed by atoms with Crippen LogP contribution in [-0.4, -0.2) is 56.6 Å². The van der Waals surface area contributed by atoms with Crippen LogP contribution in [0.1, 0.15) is 50.9 Å². The minimum atomic E-state index is -0.419. The Morgan fingerprint density at radius 2 is 1.67 bits per heavy atom. The molecule has 42 heavy (non-hydrogen) atoms. The van der Waals surface area contributed by atoms with Crippen molar-refractivity contribution in [3.63, 3.8) is 0 Å². The molecular formula is C33H40N4O5. The average Bonchev–Trinajstić information content (AvgIpc) is 2.99. The van der Waals surface area contributed by atoms with Crippen molar-refractivity contribution in [2.24, 2.45) is 16.7 Å². The minimum Gasteiger partial charge on any atom is -0.488 e. The minimum absolute atomic E-state index is 0.129. The van der Waals surface area contributed by atoms with Gasteiger partial charge in [0.05, 0.1) is 17.5 Å². The van der Waals surface area contributed by atoms with Crippen LogP contribution in [-0.2, 0) is 9.47 Å². The molecule has 1 aliphatic carbocycles. The molecule has 0 spiro atoms. The number of pyridine rings is 1. The Morgan fingerprint density at radius 3 is 2.26 bits per heavy atom. The fourth-order valence-corrected chi connectivity index (χ4v) is 7.31. The number of fused-ring (bicyclic) bond motifs is 1. The number of hydrogen-bond donors (Lipinski definition) is 2. The van der Waals surface area contributed by atoms with Gasteiger partial charge in [0.15, 0.2) is 11.7 Å². The van der Waals surface area contributed by atoms with Gasteiger partial charge in [-0.1, -0.05) is 33.8 Å². The zero-order valence-corrected chi connectivity index (χ0v) is 25.2. The van der Waals surface area contributed by atoms with Gasteiger partial charge in [0, 0.05) is 73.6 Å². The monoisotopic (exact) mass is 572 g/mol. The summed E-state index contributed by atoms with van der Waals surface area (Å²) in [6.07, 6.45) is 3.06. The van der Waals surface area contributed by atoms with Gasteiger partial charge in [0.1, 0.15) is 11.9 Å². The number of carbonyl (C=O) groups is 1. The van der Waals surface area contributed by atoms with Crippen molar-refractivity contribution in [1.82, 2.24) is 10.3 Å². The van der Waals surface area contributed by atoms with Crippen molar-refractivity contribution >= 4 is 28.2 Å². The van der Waals surface area contributed by atoms with Crippen molar-refractivity contribution in [3.8, 4) is 5.75 Å². The van der Waals surface area contributed by atoms with Gasteiger partial charge in [-0.25, -0.2) is 4.85 Å². The molecule has 0 atom stereocenters. The Kier molecular flexibility index (Phi) is 8.06. The molecule has 2 N–H and O–H groups in total. The van der Waals surface area contributed by atoms with E-state index in [4.69, 9.17) is 20.8 Å². The Morgan fingerprint density at radius 1 is 1.02 bits per heavy atom. The number of rotatable bonds is 8. The number of methoxy groups -OCH3 is 2. The van der Waals surface area contributed by atoms with Crippen LogP contribution in [0.5, 0.6) is 5.75 Å². The molecule has 2 aromatic carbocycles. The second kappa shape index (κ2) is 11.4. The summed E-state index contributed by atoms with van der Waals surface area (Å²) >= 11 is 0. The van der Waals surface area contributed by atoms with E-state index < -0.39 is 10.8 Å². The van der Waals surface area contributed by atoms with Crippen molar-refractivity contribution in [2.45, 2.75) is 59.0 Å². The van der Waals surface area contributed by atoms with Crippen LogP contribution < -0.4 is 20.4 Å². The van der Waals surface area contributed by atoms with Gasteiger partial charge in [-0.3, -0.25) is 9.59 Å². The summed E-state index contributed by atoms with van der Waals surface area (Å²) in [4.78, 5) is 35.0. The third-order valence-corrected chi connectivity index (χ3v) is 9.22. The van der Waals surface area contributed by atoms with Gasteiger partial charge in [-0.2, -0.15) is 0 Å². The standard InChI is InChI=1S/C33H40N4O5/c1-32(2)30(33(3,4)31(32)42-25-13-12-23(34-5)27-26(25)24(38)14-17-35-27)36-28(39)20-8-10-22(11-9-20)37-18-15-21(16-19-37)29(40-6)41-7/h8-14,17,21,29-31H,15-16,18-19H2,1-4,6-7H3,(H,35,38)(H,36,39). The SMILES string of the molecule is [C-]#[N+]c1ccc(OC2C(C)(C)C(NC(=O)c3ccc(N4CCC(C(OC)OC)CC4)cc3)C2(C)C)c2c(=O)cc[nH]c12. The van der Waals surface area contributed by atoms with Crippen molar-refractivity contribution in [3.05, 3.63) is 75.9 Å². The van der Waals surface area contributed by atoms with Crippen molar-refractivity contribution in [2.75, 3.05) is 32.2 Å². The van der Waals surface area contributed by atoms with E-state index in [0.717, 1.165) is 31.6 Å². The van der Waals surface area contributed by atoms with Crippen LogP contribution in [0.25, 0.3) is 15.7 Å². The summed E-state index contributed by atoms with van der Waals surface area (Å²) in [5.41, 5.74) is 1.50. The lowest BCUT2D eigenvalue weighted by atomic mass is 9.49. The van der Waals surface area contributed by atoms with Crippen LogP contribution in [0.3, 0.4) is 0 Å². The maximum atomic E-state index is 13.4. The Bertz CT molecular complexity index is 1530. The molecule has 2 fully saturated rings. The molecule has 1 amide bonds. The molecule has 0 unspecified atom stereocenters. The number of aromatic nitrogens is 1. The molecule has 0 radical (unpaired) electrons. The molecule has 9 heteroatoms. The summed E-state index contributed by atoms with van der Waals surface area (Å²) in [5, 5.41) is 3.63. The number of aromatic amines is 1. The van der Waals surface area contributed by atoms with E-state index in [2.05, 4.69) is 47.7 Å². The average molecular weight is 573 g/mol. The number of anilines is 1. The molecule has 1 aliphatic heterocycles. The predicted octanol–water partition coefficient (Wildman–Crippen LogP) is 5.53. The lowest BCUT2D eigenvalue weighted by Gasteiger charge is -2.63. The molecule has 5 rings (SSSR count). The summed E-state index contributed by atoms with van der Waals surface area (Å²) in [7, 11) is 3.37.